The number of aromatic nitrogens is 3. The fourth-order valence-corrected chi connectivity index (χ4v) is 1.55. The predicted octanol–water partition coefficient (Wildman–Crippen LogP) is 1.07. The smallest absolute Gasteiger partial charge is 0.154 e. The van der Waals surface area contributed by atoms with Crippen LogP contribution in [0.25, 0.3) is 5.65 Å². The summed E-state index contributed by atoms with van der Waals surface area (Å²) < 4.78 is 1.90. The van der Waals surface area contributed by atoms with E-state index in [1.54, 1.807) is 0 Å². The largest absolute Gasteiger partial charge is 0.314 e. The van der Waals surface area contributed by atoms with Crippen LogP contribution in [0.15, 0.2) is 12.1 Å². The van der Waals surface area contributed by atoms with Crippen molar-refractivity contribution in [2.24, 2.45) is 0 Å². The quantitative estimate of drug-likeness (QED) is 0.770. The molecule has 0 amide bonds. The van der Waals surface area contributed by atoms with E-state index < -0.39 is 0 Å². The van der Waals surface area contributed by atoms with Crippen molar-refractivity contribution in [3.05, 3.63) is 29.2 Å². The SMILES string of the molecule is CNCc1c(C)nc2ccc(C)nn12. The van der Waals surface area contributed by atoms with Gasteiger partial charge in [-0.3, -0.25) is 0 Å². The van der Waals surface area contributed by atoms with Gasteiger partial charge in [-0.25, -0.2) is 9.50 Å². The van der Waals surface area contributed by atoms with Gasteiger partial charge in [-0.15, -0.1) is 0 Å². The Morgan fingerprint density at radius 2 is 2.14 bits per heavy atom. The Kier molecular flexibility index (Phi) is 2.21. The first-order valence-electron chi connectivity index (χ1n) is 4.69. The van der Waals surface area contributed by atoms with E-state index in [1.807, 2.05) is 37.5 Å². The van der Waals surface area contributed by atoms with E-state index in [0.717, 1.165) is 29.3 Å². The first-order chi connectivity index (χ1) is 6.72. The molecule has 2 aromatic heterocycles. The lowest BCUT2D eigenvalue weighted by atomic mass is 10.3. The zero-order chi connectivity index (χ0) is 10.1. The van der Waals surface area contributed by atoms with Crippen molar-refractivity contribution in [3.63, 3.8) is 0 Å². The Bertz CT molecular complexity index is 458. The molecule has 4 heteroatoms. The van der Waals surface area contributed by atoms with Gasteiger partial charge in [0.25, 0.3) is 0 Å². The summed E-state index contributed by atoms with van der Waals surface area (Å²) >= 11 is 0. The first kappa shape index (κ1) is 9.15. The molecule has 0 saturated heterocycles. The summed E-state index contributed by atoms with van der Waals surface area (Å²) in [5.74, 6) is 0. The van der Waals surface area contributed by atoms with Gasteiger partial charge in [0.2, 0.25) is 0 Å². The highest BCUT2D eigenvalue weighted by Gasteiger charge is 2.08. The molecule has 0 aliphatic heterocycles. The third-order valence-corrected chi connectivity index (χ3v) is 2.25. The van der Waals surface area contributed by atoms with E-state index in [4.69, 9.17) is 0 Å². The molecule has 2 heterocycles. The summed E-state index contributed by atoms with van der Waals surface area (Å²) in [7, 11) is 1.93. The molecule has 0 fully saturated rings. The topological polar surface area (TPSA) is 42.2 Å². The number of fused-ring (bicyclic) bond motifs is 1. The molecule has 4 nitrogen and oxygen atoms in total. The van der Waals surface area contributed by atoms with Crippen LogP contribution < -0.4 is 5.32 Å². The van der Waals surface area contributed by atoms with Gasteiger partial charge in [0, 0.05) is 6.54 Å². The van der Waals surface area contributed by atoms with Gasteiger partial charge in [-0.05, 0) is 33.0 Å². The van der Waals surface area contributed by atoms with Crippen LogP contribution >= 0.6 is 0 Å². The second kappa shape index (κ2) is 3.38. The second-order valence-corrected chi connectivity index (χ2v) is 3.42. The molecule has 1 N–H and O–H groups in total. The van der Waals surface area contributed by atoms with Crippen molar-refractivity contribution < 1.29 is 0 Å². The van der Waals surface area contributed by atoms with Crippen LogP contribution in [0.2, 0.25) is 0 Å². The molecule has 14 heavy (non-hydrogen) atoms. The lowest BCUT2D eigenvalue weighted by Gasteiger charge is -2.01. The highest BCUT2D eigenvalue weighted by atomic mass is 15.3. The van der Waals surface area contributed by atoms with Crippen molar-refractivity contribution in [1.29, 1.82) is 0 Å². The standard InChI is InChI=1S/C10H14N4/c1-7-4-5-10-12-8(2)9(6-11-3)14(10)13-7/h4-5,11H,6H2,1-3H3. The third-order valence-electron chi connectivity index (χ3n) is 2.25. The van der Waals surface area contributed by atoms with Crippen LogP contribution in [0.3, 0.4) is 0 Å². The summed E-state index contributed by atoms with van der Waals surface area (Å²) in [4.78, 5) is 4.43. The fourth-order valence-electron chi connectivity index (χ4n) is 1.55. The third kappa shape index (κ3) is 1.37. The van der Waals surface area contributed by atoms with Crippen molar-refractivity contribution in [3.8, 4) is 0 Å². The molecular weight excluding hydrogens is 176 g/mol. The molecule has 0 atom stereocenters. The Hall–Kier alpha value is -1.42. The Morgan fingerprint density at radius 1 is 1.36 bits per heavy atom. The maximum atomic E-state index is 4.43. The lowest BCUT2D eigenvalue weighted by Crippen LogP contribution is -2.10. The molecular formula is C10H14N4. The Balaban J connectivity index is 2.66. The van der Waals surface area contributed by atoms with Crippen molar-refractivity contribution >= 4 is 5.65 Å². The fraction of sp³-hybridized carbons (Fsp3) is 0.400. The summed E-state index contributed by atoms with van der Waals surface area (Å²) in [6.45, 7) is 4.79. The summed E-state index contributed by atoms with van der Waals surface area (Å²) in [6.07, 6.45) is 0. The number of hydrogen-bond acceptors (Lipinski definition) is 3. The molecule has 0 spiro atoms. The average molecular weight is 190 g/mol. The van der Waals surface area contributed by atoms with Gasteiger partial charge in [0.1, 0.15) is 0 Å². The van der Waals surface area contributed by atoms with Crippen LogP contribution in [-0.2, 0) is 6.54 Å². The van der Waals surface area contributed by atoms with E-state index in [1.165, 1.54) is 0 Å². The van der Waals surface area contributed by atoms with E-state index in [9.17, 15) is 0 Å². The zero-order valence-corrected chi connectivity index (χ0v) is 8.70. The number of nitrogens with zero attached hydrogens (tertiary/aromatic N) is 3. The second-order valence-electron chi connectivity index (χ2n) is 3.42. The number of imidazole rings is 1. The minimum Gasteiger partial charge on any atom is -0.314 e. The van der Waals surface area contributed by atoms with Crippen molar-refractivity contribution in [2.75, 3.05) is 7.05 Å². The maximum Gasteiger partial charge on any atom is 0.154 e. The highest BCUT2D eigenvalue weighted by Crippen LogP contribution is 2.10. The van der Waals surface area contributed by atoms with Crippen LogP contribution in [0.1, 0.15) is 17.1 Å². The number of hydrogen-bond donors (Lipinski definition) is 1. The van der Waals surface area contributed by atoms with Gasteiger partial charge in [-0.1, -0.05) is 0 Å². The Morgan fingerprint density at radius 3 is 2.86 bits per heavy atom. The van der Waals surface area contributed by atoms with E-state index >= 15 is 0 Å². The maximum absolute atomic E-state index is 4.43. The molecule has 2 rings (SSSR count). The van der Waals surface area contributed by atoms with Crippen LogP contribution in [0, 0.1) is 13.8 Å². The lowest BCUT2D eigenvalue weighted by molar-refractivity contribution is 0.737. The molecule has 0 unspecified atom stereocenters. The van der Waals surface area contributed by atoms with Gasteiger partial charge in [0.05, 0.1) is 17.1 Å². The number of rotatable bonds is 2. The highest BCUT2D eigenvalue weighted by molar-refractivity contribution is 5.41. The van der Waals surface area contributed by atoms with E-state index in [-0.39, 0.29) is 0 Å². The first-order valence-corrected chi connectivity index (χ1v) is 4.69. The zero-order valence-electron chi connectivity index (χ0n) is 8.70. The van der Waals surface area contributed by atoms with Crippen LogP contribution in [0.4, 0.5) is 0 Å². The summed E-state index contributed by atoms with van der Waals surface area (Å²) in [6, 6.07) is 3.97. The summed E-state index contributed by atoms with van der Waals surface area (Å²) in [5, 5.41) is 7.55. The summed E-state index contributed by atoms with van der Waals surface area (Å²) in [5.41, 5.74) is 4.09. The monoisotopic (exact) mass is 190 g/mol. The minimum atomic E-state index is 0.795. The van der Waals surface area contributed by atoms with Gasteiger partial charge in [-0.2, -0.15) is 5.10 Å². The molecule has 0 radical (unpaired) electrons. The van der Waals surface area contributed by atoms with Gasteiger partial charge < -0.3 is 5.32 Å². The van der Waals surface area contributed by atoms with Crippen LogP contribution in [-0.4, -0.2) is 21.6 Å². The molecule has 0 saturated carbocycles. The molecule has 0 aliphatic rings. The van der Waals surface area contributed by atoms with Gasteiger partial charge >= 0.3 is 0 Å². The van der Waals surface area contributed by atoms with Crippen molar-refractivity contribution in [2.45, 2.75) is 20.4 Å². The molecule has 0 aliphatic carbocycles. The average Bonchev–Trinajstić information content (AvgIpc) is 2.45. The number of nitrogens with one attached hydrogen (secondary N) is 1. The normalized spacial score (nSPS) is 11.1. The van der Waals surface area contributed by atoms with Crippen molar-refractivity contribution in [1.82, 2.24) is 19.9 Å². The van der Waals surface area contributed by atoms with E-state index in [2.05, 4.69) is 15.4 Å². The minimum absolute atomic E-state index is 0.795. The Labute approximate surface area is 83.0 Å². The predicted molar refractivity (Wildman–Crippen MR) is 55.2 cm³/mol. The van der Waals surface area contributed by atoms with Crippen LogP contribution in [0.5, 0.6) is 0 Å². The molecule has 74 valence electrons. The molecule has 2 aromatic rings. The van der Waals surface area contributed by atoms with Gasteiger partial charge in [0.15, 0.2) is 5.65 Å². The molecule has 0 aromatic carbocycles. The van der Waals surface area contributed by atoms with E-state index in [0.29, 0.717) is 0 Å². The number of aryl methyl sites for hydroxylation is 2. The molecule has 0 bridgehead atoms.